The molecule has 0 amide bonds. The molecule has 2 nitrogen and oxygen atoms in total. The first-order chi connectivity index (χ1) is 15.7. The molecule has 4 rings (SSSR count). The minimum atomic E-state index is -2.54. The van der Waals surface area contributed by atoms with Crippen LogP contribution in [0.2, 0.25) is 0 Å². The van der Waals surface area contributed by atoms with Gasteiger partial charge in [-0.2, -0.15) is 0 Å². The van der Waals surface area contributed by atoms with Crippen molar-refractivity contribution in [2.75, 3.05) is 0 Å². The van der Waals surface area contributed by atoms with Crippen LogP contribution >= 0.6 is 0 Å². The number of benzene rings is 4. The van der Waals surface area contributed by atoms with Crippen molar-refractivity contribution in [3.63, 3.8) is 0 Å². The molecular weight excluding hydrogens is 408 g/mol. The molecule has 0 heterocycles. The first-order valence-electron chi connectivity index (χ1n) is 10.8. The first kappa shape index (κ1) is 21.5. The number of carbonyl (C=O) groups is 1. The van der Waals surface area contributed by atoms with E-state index in [2.05, 4.69) is 84.6 Å². The molecule has 32 heavy (non-hydrogen) atoms. The lowest BCUT2D eigenvalue weighted by atomic mass is 10.1. The molecule has 0 aliphatic carbocycles. The topological polar surface area (TPSA) is 26.3 Å². The summed E-state index contributed by atoms with van der Waals surface area (Å²) in [6.45, 7) is 1.46. The second kappa shape index (κ2) is 10.1. The van der Waals surface area contributed by atoms with Crippen molar-refractivity contribution in [2.24, 2.45) is 0 Å². The second-order valence-electron chi connectivity index (χ2n) is 7.71. The largest absolute Gasteiger partial charge is 0.453 e. The molecular formula is C29H26O2Si. The lowest BCUT2D eigenvalue weighted by Crippen LogP contribution is -2.66. The van der Waals surface area contributed by atoms with Gasteiger partial charge in [0, 0.05) is 6.92 Å². The molecule has 0 bridgehead atoms. The van der Waals surface area contributed by atoms with Gasteiger partial charge in [0.05, 0.1) is 0 Å². The zero-order valence-electron chi connectivity index (χ0n) is 18.1. The van der Waals surface area contributed by atoms with Gasteiger partial charge in [0.15, 0.2) is 8.07 Å². The van der Waals surface area contributed by atoms with Gasteiger partial charge in [-0.05, 0) is 27.2 Å². The molecule has 0 aliphatic heterocycles. The fourth-order valence-electron chi connectivity index (χ4n) is 4.16. The predicted octanol–water partition coefficient (Wildman–Crippen LogP) is 4.56. The van der Waals surface area contributed by atoms with Gasteiger partial charge >= 0.3 is 5.97 Å². The zero-order chi connectivity index (χ0) is 22.2. The van der Waals surface area contributed by atoms with Crippen LogP contribution in [0.5, 0.6) is 0 Å². The van der Waals surface area contributed by atoms with Gasteiger partial charge in [0.2, 0.25) is 0 Å². The molecule has 1 unspecified atom stereocenters. The summed E-state index contributed by atoms with van der Waals surface area (Å²) in [5.41, 5.74) is 3.27. The zero-order valence-corrected chi connectivity index (χ0v) is 19.1. The number of hydrogen-bond acceptors (Lipinski definition) is 2. The monoisotopic (exact) mass is 434 g/mol. The average molecular weight is 435 g/mol. The highest BCUT2D eigenvalue weighted by Gasteiger charge is 2.37. The Bertz CT molecular complexity index is 1060. The van der Waals surface area contributed by atoms with Gasteiger partial charge in [-0.3, -0.25) is 4.79 Å². The Kier molecular flexibility index (Phi) is 6.78. The van der Waals surface area contributed by atoms with Crippen molar-refractivity contribution < 1.29 is 9.53 Å². The SMILES string of the molecule is CC(=O)OC(/C=C/[Si](c1ccccc1)(c1ccccc1)c1ccccc1)c1ccccc1. The fraction of sp³-hybridized carbons (Fsp3) is 0.0690. The van der Waals surface area contributed by atoms with Crippen molar-refractivity contribution in [1.29, 1.82) is 0 Å². The maximum absolute atomic E-state index is 11.9. The van der Waals surface area contributed by atoms with Crippen molar-refractivity contribution in [3.05, 3.63) is 139 Å². The van der Waals surface area contributed by atoms with Gasteiger partial charge in [-0.15, -0.1) is 0 Å². The molecule has 0 saturated carbocycles. The standard InChI is InChI=1S/C29H26O2Si/c1-24(30)31-29(25-14-6-2-7-15-25)22-23-32(26-16-8-3-9-17-26,27-18-10-4-11-19-27)28-20-12-5-13-21-28/h2-23,29H,1H3/b23-22+. The van der Waals surface area contributed by atoms with E-state index in [9.17, 15) is 4.79 Å². The Hall–Kier alpha value is -3.69. The summed E-state index contributed by atoms with van der Waals surface area (Å²) in [6.07, 6.45) is 1.62. The molecule has 4 aromatic carbocycles. The van der Waals surface area contributed by atoms with Crippen LogP contribution in [0.15, 0.2) is 133 Å². The minimum Gasteiger partial charge on any atom is -0.453 e. The predicted molar refractivity (Wildman–Crippen MR) is 134 cm³/mol. The third-order valence-corrected chi connectivity index (χ3v) is 10.1. The fourth-order valence-corrected chi connectivity index (χ4v) is 8.36. The molecule has 0 fully saturated rings. The molecule has 3 heteroatoms. The second-order valence-corrected chi connectivity index (χ2v) is 11.4. The molecule has 158 valence electrons. The van der Waals surface area contributed by atoms with E-state index in [-0.39, 0.29) is 5.97 Å². The highest BCUT2D eigenvalue weighted by molar-refractivity contribution is 7.14. The molecule has 0 N–H and O–H groups in total. The Morgan fingerprint density at radius 2 is 1.03 bits per heavy atom. The van der Waals surface area contributed by atoms with Crippen LogP contribution in [0.1, 0.15) is 18.6 Å². The highest BCUT2D eigenvalue weighted by atomic mass is 28.3. The lowest BCUT2D eigenvalue weighted by molar-refractivity contribution is -0.144. The number of carbonyl (C=O) groups excluding carboxylic acids is 1. The summed E-state index contributed by atoms with van der Waals surface area (Å²) >= 11 is 0. The number of hydrogen-bond donors (Lipinski definition) is 0. The minimum absolute atomic E-state index is 0.296. The van der Waals surface area contributed by atoms with Crippen LogP contribution in [0.4, 0.5) is 0 Å². The maximum atomic E-state index is 11.9. The van der Waals surface area contributed by atoms with Crippen molar-refractivity contribution in [2.45, 2.75) is 13.0 Å². The smallest absolute Gasteiger partial charge is 0.303 e. The maximum Gasteiger partial charge on any atom is 0.303 e. The van der Waals surface area contributed by atoms with Crippen LogP contribution in [0.25, 0.3) is 0 Å². The van der Waals surface area contributed by atoms with Crippen molar-refractivity contribution in [1.82, 2.24) is 0 Å². The van der Waals surface area contributed by atoms with E-state index in [1.165, 1.54) is 22.5 Å². The van der Waals surface area contributed by atoms with Crippen LogP contribution in [-0.4, -0.2) is 14.0 Å². The molecule has 0 spiro atoms. The van der Waals surface area contributed by atoms with Gasteiger partial charge in [-0.1, -0.05) is 127 Å². The Morgan fingerprint density at radius 3 is 1.41 bits per heavy atom. The quantitative estimate of drug-likeness (QED) is 0.242. The Balaban J connectivity index is 1.94. The van der Waals surface area contributed by atoms with Crippen LogP contribution in [0.3, 0.4) is 0 Å². The Labute approximate surface area is 190 Å². The number of ether oxygens (including phenoxy) is 1. The summed E-state index contributed by atoms with van der Waals surface area (Å²) in [5, 5.41) is 3.84. The molecule has 0 saturated heterocycles. The molecule has 0 aliphatic rings. The molecule has 0 aromatic heterocycles. The van der Waals surface area contributed by atoms with Gasteiger partial charge < -0.3 is 4.74 Å². The van der Waals surface area contributed by atoms with E-state index in [0.717, 1.165) is 5.56 Å². The molecule has 1 atom stereocenters. The Morgan fingerprint density at radius 1 is 0.656 bits per heavy atom. The lowest BCUT2D eigenvalue weighted by Gasteiger charge is -2.31. The molecule has 0 radical (unpaired) electrons. The van der Waals surface area contributed by atoms with E-state index in [1.807, 2.05) is 48.5 Å². The van der Waals surface area contributed by atoms with Crippen LogP contribution in [-0.2, 0) is 9.53 Å². The van der Waals surface area contributed by atoms with E-state index >= 15 is 0 Å². The third-order valence-electron chi connectivity index (χ3n) is 5.63. The van der Waals surface area contributed by atoms with Crippen LogP contribution < -0.4 is 15.6 Å². The average Bonchev–Trinajstić information content (AvgIpc) is 2.86. The number of rotatable bonds is 7. The summed E-state index contributed by atoms with van der Waals surface area (Å²) in [7, 11) is -2.54. The summed E-state index contributed by atoms with van der Waals surface area (Å²) in [4.78, 5) is 11.9. The van der Waals surface area contributed by atoms with E-state index < -0.39 is 14.2 Å². The first-order valence-corrected chi connectivity index (χ1v) is 12.9. The van der Waals surface area contributed by atoms with E-state index in [4.69, 9.17) is 4.74 Å². The summed E-state index contributed by atoms with van der Waals surface area (Å²) in [6, 6.07) is 41.9. The van der Waals surface area contributed by atoms with Crippen LogP contribution in [0, 0.1) is 0 Å². The van der Waals surface area contributed by atoms with Gasteiger partial charge in [-0.25, -0.2) is 0 Å². The van der Waals surface area contributed by atoms with E-state index in [1.54, 1.807) is 0 Å². The molecule has 4 aromatic rings. The van der Waals surface area contributed by atoms with Gasteiger partial charge in [0.1, 0.15) is 6.10 Å². The summed E-state index contributed by atoms with van der Waals surface area (Å²) < 4.78 is 5.74. The van der Waals surface area contributed by atoms with Crippen molar-refractivity contribution >= 4 is 29.6 Å². The third kappa shape index (κ3) is 4.63. The summed E-state index contributed by atoms with van der Waals surface area (Å²) in [5.74, 6) is -0.296. The highest BCUT2D eigenvalue weighted by Crippen LogP contribution is 2.21. The van der Waals surface area contributed by atoms with Crippen molar-refractivity contribution in [3.8, 4) is 0 Å². The van der Waals surface area contributed by atoms with E-state index in [0.29, 0.717) is 0 Å². The normalized spacial score (nSPS) is 12.4. The number of esters is 1. The van der Waals surface area contributed by atoms with Gasteiger partial charge in [0.25, 0.3) is 0 Å².